The lowest BCUT2D eigenvalue weighted by atomic mass is 10.0. The molecule has 0 heterocycles. The van der Waals surface area contributed by atoms with E-state index in [1.54, 1.807) is 31.4 Å². The van der Waals surface area contributed by atoms with E-state index in [9.17, 15) is 4.79 Å². The molecule has 25 heavy (non-hydrogen) atoms. The Labute approximate surface area is 148 Å². The summed E-state index contributed by atoms with van der Waals surface area (Å²) in [4.78, 5) is 12.4. The molecule has 0 saturated heterocycles. The molecule has 130 valence electrons. The van der Waals surface area contributed by atoms with Crippen LogP contribution in [0.2, 0.25) is 0 Å². The second kappa shape index (κ2) is 8.86. The number of nitrogens with one attached hydrogen (secondary N) is 1. The Balaban J connectivity index is 2.01. The summed E-state index contributed by atoms with van der Waals surface area (Å²) in [5, 5.41) is 13.9. The summed E-state index contributed by atoms with van der Waals surface area (Å²) in [7, 11) is 1.64. The monoisotopic (exact) mass is 338 g/mol. The van der Waals surface area contributed by atoms with Gasteiger partial charge in [-0.25, -0.2) is 0 Å². The molecule has 3 N–H and O–H groups in total. The summed E-state index contributed by atoms with van der Waals surface area (Å²) in [6.07, 6.45) is 0.911. The SMILES string of the molecule is CC[C@H]([NH2+][C@H](C)C(=O)Nc1cccc(C#N)c1)c1ccc(OC)cc1. The van der Waals surface area contributed by atoms with E-state index in [4.69, 9.17) is 10.00 Å². The third-order valence-corrected chi connectivity index (χ3v) is 4.18. The van der Waals surface area contributed by atoms with Crippen LogP contribution in [0.25, 0.3) is 0 Å². The van der Waals surface area contributed by atoms with E-state index in [-0.39, 0.29) is 18.0 Å². The smallest absolute Gasteiger partial charge is 0.282 e. The highest BCUT2D eigenvalue weighted by Crippen LogP contribution is 2.17. The number of hydrogen-bond acceptors (Lipinski definition) is 3. The summed E-state index contributed by atoms with van der Waals surface area (Å²) in [5.41, 5.74) is 2.33. The number of carbonyl (C=O) groups is 1. The number of amides is 1. The van der Waals surface area contributed by atoms with Gasteiger partial charge in [0, 0.05) is 17.7 Å². The zero-order valence-electron chi connectivity index (χ0n) is 14.8. The fourth-order valence-electron chi connectivity index (χ4n) is 2.69. The molecular weight excluding hydrogens is 314 g/mol. The Hall–Kier alpha value is -2.84. The maximum atomic E-state index is 12.4. The number of nitrogens with zero attached hydrogens (tertiary/aromatic N) is 1. The molecule has 0 fully saturated rings. The van der Waals surface area contributed by atoms with Crippen LogP contribution in [-0.4, -0.2) is 19.1 Å². The van der Waals surface area contributed by atoms with Crippen LogP contribution in [0.15, 0.2) is 48.5 Å². The molecule has 0 aromatic heterocycles. The lowest BCUT2D eigenvalue weighted by molar-refractivity contribution is -0.713. The van der Waals surface area contributed by atoms with Crippen molar-refractivity contribution in [2.75, 3.05) is 12.4 Å². The Bertz CT molecular complexity index is 750. The fraction of sp³-hybridized carbons (Fsp3) is 0.300. The van der Waals surface area contributed by atoms with Crippen LogP contribution < -0.4 is 15.4 Å². The average Bonchev–Trinajstić information content (AvgIpc) is 2.66. The van der Waals surface area contributed by atoms with Crippen LogP contribution in [-0.2, 0) is 4.79 Å². The van der Waals surface area contributed by atoms with Gasteiger partial charge in [0.05, 0.1) is 18.7 Å². The summed E-state index contributed by atoms with van der Waals surface area (Å²) in [5.74, 6) is 0.740. The van der Waals surface area contributed by atoms with Gasteiger partial charge in [-0.05, 0) is 49.4 Å². The van der Waals surface area contributed by atoms with Gasteiger partial charge < -0.3 is 15.4 Å². The summed E-state index contributed by atoms with van der Waals surface area (Å²) < 4.78 is 5.19. The molecule has 0 aliphatic carbocycles. The highest BCUT2D eigenvalue weighted by atomic mass is 16.5. The van der Waals surface area contributed by atoms with Crippen molar-refractivity contribution in [2.45, 2.75) is 32.4 Å². The second-order valence-corrected chi connectivity index (χ2v) is 5.95. The Morgan fingerprint density at radius 3 is 2.60 bits per heavy atom. The van der Waals surface area contributed by atoms with Gasteiger partial charge in [0.2, 0.25) is 0 Å². The number of nitriles is 1. The van der Waals surface area contributed by atoms with Crippen LogP contribution in [0.1, 0.15) is 37.4 Å². The molecule has 5 nitrogen and oxygen atoms in total. The number of anilines is 1. The molecule has 0 radical (unpaired) electrons. The Kier molecular flexibility index (Phi) is 6.55. The molecule has 2 atom stereocenters. The molecule has 0 saturated carbocycles. The minimum atomic E-state index is -0.252. The zero-order chi connectivity index (χ0) is 18.2. The number of rotatable bonds is 7. The highest BCUT2D eigenvalue weighted by Gasteiger charge is 2.22. The molecule has 2 rings (SSSR count). The molecule has 2 aromatic rings. The van der Waals surface area contributed by atoms with E-state index in [0.29, 0.717) is 11.3 Å². The van der Waals surface area contributed by atoms with Crippen LogP contribution in [0.3, 0.4) is 0 Å². The number of quaternary nitrogens is 1. The summed E-state index contributed by atoms with van der Waals surface area (Å²) in [6.45, 7) is 3.99. The van der Waals surface area contributed by atoms with E-state index >= 15 is 0 Å². The first kappa shape index (κ1) is 18.5. The van der Waals surface area contributed by atoms with E-state index in [1.807, 2.05) is 31.2 Å². The third kappa shape index (κ3) is 5.07. The highest BCUT2D eigenvalue weighted by molar-refractivity contribution is 5.93. The van der Waals surface area contributed by atoms with Crippen molar-refractivity contribution in [1.29, 1.82) is 5.26 Å². The van der Waals surface area contributed by atoms with Gasteiger partial charge in [0.15, 0.2) is 6.04 Å². The molecular formula is C20H24N3O2+. The van der Waals surface area contributed by atoms with Crippen LogP contribution in [0.5, 0.6) is 5.75 Å². The quantitative estimate of drug-likeness (QED) is 0.814. The molecule has 0 aliphatic heterocycles. The normalized spacial score (nSPS) is 12.7. The molecule has 0 bridgehead atoms. The Morgan fingerprint density at radius 1 is 1.28 bits per heavy atom. The summed E-state index contributed by atoms with van der Waals surface area (Å²) in [6, 6.07) is 16.9. The first-order valence-corrected chi connectivity index (χ1v) is 8.37. The largest absolute Gasteiger partial charge is 0.497 e. The first-order chi connectivity index (χ1) is 12.1. The lowest BCUT2D eigenvalue weighted by Crippen LogP contribution is -2.92. The molecule has 0 spiro atoms. The van der Waals surface area contributed by atoms with Gasteiger partial charge in [-0.2, -0.15) is 5.26 Å². The topological polar surface area (TPSA) is 78.7 Å². The molecule has 5 heteroatoms. The summed E-state index contributed by atoms with van der Waals surface area (Å²) >= 11 is 0. The van der Waals surface area contributed by atoms with Crippen molar-refractivity contribution >= 4 is 11.6 Å². The van der Waals surface area contributed by atoms with Crippen molar-refractivity contribution in [2.24, 2.45) is 0 Å². The van der Waals surface area contributed by atoms with Gasteiger partial charge >= 0.3 is 0 Å². The minimum absolute atomic E-state index is 0.0814. The van der Waals surface area contributed by atoms with Gasteiger partial charge in [0.25, 0.3) is 5.91 Å². The number of hydrogen-bond donors (Lipinski definition) is 2. The number of ether oxygens (including phenoxy) is 1. The number of carbonyl (C=O) groups excluding carboxylic acids is 1. The van der Waals surface area contributed by atoms with Crippen molar-refractivity contribution in [3.8, 4) is 11.8 Å². The predicted molar refractivity (Wildman–Crippen MR) is 97.2 cm³/mol. The van der Waals surface area contributed by atoms with E-state index in [2.05, 4.69) is 23.6 Å². The lowest BCUT2D eigenvalue weighted by Gasteiger charge is -2.19. The van der Waals surface area contributed by atoms with Crippen LogP contribution in [0, 0.1) is 11.3 Å². The first-order valence-electron chi connectivity index (χ1n) is 8.37. The minimum Gasteiger partial charge on any atom is -0.497 e. The third-order valence-electron chi connectivity index (χ3n) is 4.18. The number of methoxy groups -OCH3 is 1. The van der Waals surface area contributed by atoms with Gasteiger partial charge in [-0.15, -0.1) is 0 Å². The molecule has 0 unspecified atom stereocenters. The maximum Gasteiger partial charge on any atom is 0.282 e. The van der Waals surface area contributed by atoms with E-state index < -0.39 is 0 Å². The molecule has 2 aromatic carbocycles. The zero-order valence-corrected chi connectivity index (χ0v) is 14.8. The van der Waals surface area contributed by atoms with Crippen molar-refractivity contribution in [3.05, 3.63) is 59.7 Å². The number of nitrogens with two attached hydrogens (primary N) is 1. The average molecular weight is 338 g/mol. The van der Waals surface area contributed by atoms with Gasteiger partial charge in [0.1, 0.15) is 11.8 Å². The van der Waals surface area contributed by atoms with E-state index in [0.717, 1.165) is 17.7 Å². The van der Waals surface area contributed by atoms with E-state index in [1.165, 1.54) is 0 Å². The maximum absolute atomic E-state index is 12.4. The predicted octanol–water partition coefficient (Wildman–Crippen LogP) is 2.61. The Morgan fingerprint density at radius 2 is 2.00 bits per heavy atom. The van der Waals surface area contributed by atoms with Crippen molar-refractivity contribution in [3.63, 3.8) is 0 Å². The van der Waals surface area contributed by atoms with Gasteiger partial charge in [-0.3, -0.25) is 4.79 Å². The second-order valence-electron chi connectivity index (χ2n) is 5.95. The van der Waals surface area contributed by atoms with Crippen molar-refractivity contribution in [1.82, 2.24) is 0 Å². The number of benzene rings is 2. The van der Waals surface area contributed by atoms with Crippen molar-refractivity contribution < 1.29 is 14.8 Å². The molecule has 0 aliphatic rings. The van der Waals surface area contributed by atoms with Crippen LogP contribution >= 0.6 is 0 Å². The van der Waals surface area contributed by atoms with Gasteiger partial charge in [-0.1, -0.05) is 13.0 Å². The molecule has 1 amide bonds. The fourth-order valence-corrected chi connectivity index (χ4v) is 2.69. The van der Waals surface area contributed by atoms with Crippen LogP contribution in [0.4, 0.5) is 5.69 Å². The standard InChI is InChI=1S/C20H23N3O2/c1-4-19(16-8-10-18(25-3)11-9-16)22-14(2)20(24)23-17-7-5-6-15(12-17)13-21/h5-12,14,19,22H,4H2,1-3H3,(H,23,24)/p+1/t14-,19+/m1/s1.